The first kappa shape index (κ1) is 23.6. The van der Waals surface area contributed by atoms with Gasteiger partial charge in [-0.2, -0.15) is 4.89 Å². The largest absolute Gasteiger partial charge is 0.497 e. The molecule has 0 heterocycles. The molecule has 0 saturated carbocycles. The van der Waals surface area contributed by atoms with Crippen LogP contribution in [0.2, 0.25) is 0 Å². The molecule has 0 bridgehead atoms. The molecule has 1 spiro atoms. The Morgan fingerprint density at radius 1 is 0.649 bits per heavy atom. The van der Waals surface area contributed by atoms with Gasteiger partial charge in [0.15, 0.2) is 5.75 Å². The normalized spacial score (nSPS) is 17.5. The van der Waals surface area contributed by atoms with Gasteiger partial charge in [-0.25, -0.2) is 0 Å². The molecule has 0 radical (unpaired) electrons. The van der Waals surface area contributed by atoms with Crippen LogP contribution in [-0.2, 0) is 36.2 Å². The van der Waals surface area contributed by atoms with Crippen LogP contribution in [0.1, 0.15) is 51.8 Å². The van der Waals surface area contributed by atoms with E-state index in [1.54, 1.807) is 14.2 Å². The summed E-state index contributed by atoms with van der Waals surface area (Å²) >= 11 is 0. The molecule has 188 valence electrons. The van der Waals surface area contributed by atoms with E-state index in [-0.39, 0.29) is 5.41 Å². The van der Waals surface area contributed by atoms with Crippen molar-refractivity contribution < 1.29 is 19.2 Å². The second kappa shape index (κ2) is 9.95. The van der Waals surface area contributed by atoms with Gasteiger partial charge in [0.2, 0.25) is 0 Å². The van der Waals surface area contributed by atoms with Crippen LogP contribution in [-0.4, -0.2) is 14.2 Å². The van der Waals surface area contributed by atoms with E-state index in [2.05, 4.69) is 48.5 Å². The van der Waals surface area contributed by atoms with Crippen LogP contribution < -0.4 is 14.4 Å². The summed E-state index contributed by atoms with van der Waals surface area (Å²) in [6.45, 7) is 0.375. The highest BCUT2D eigenvalue weighted by atomic mass is 17.2. The fraction of sp³-hybridized carbons (Fsp3) is 0.273. The molecule has 1 unspecified atom stereocenters. The molecular formula is C33H32O4. The number of aryl methyl sites for hydroxylation is 2. The predicted octanol–water partition coefficient (Wildman–Crippen LogP) is 6.98. The second-order valence-electron chi connectivity index (χ2n) is 10.0. The number of fused-ring (bicyclic) bond motifs is 4. The lowest BCUT2D eigenvalue weighted by molar-refractivity contribution is -0.218. The summed E-state index contributed by atoms with van der Waals surface area (Å²) in [5.41, 5.74) is 9.35. The minimum atomic E-state index is -0.0339. The number of benzene rings is 4. The van der Waals surface area contributed by atoms with Crippen molar-refractivity contribution in [2.45, 2.75) is 44.1 Å². The zero-order valence-corrected chi connectivity index (χ0v) is 21.5. The first-order valence-corrected chi connectivity index (χ1v) is 13.0. The molecule has 0 amide bonds. The molecule has 2 aliphatic rings. The fourth-order valence-electron chi connectivity index (χ4n) is 6.31. The van der Waals surface area contributed by atoms with Gasteiger partial charge in [-0.1, -0.05) is 54.6 Å². The summed E-state index contributed by atoms with van der Waals surface area (Å²) in [7, 11) is 3.38. The summed E-state index contributed by atoms with van der Waals surface area (Å²) in [6, 6.07) is 29.5. The van der Waals surface area contributed by atoms with Crippen LogP contribution in [0, 0.1) is 0 Å². The molecule has 0 aliphatic heterocycles. The number of hydrogen-bond acceptors (Lipinski definition) is 4. The Balaban J connectivity index is 1.30. The van der Waals surface area contributed by atoms with Crippen molar-refractivity contribution in [2.75, 3.05) is 14.2 Å². The van der Waals surface area contributed by atoms with Crippen LogP contribution >= 0.6 is 0 Å². The zero-order chi connectivity index (χ0) is 25.2. The Morgan fingerprint density at radius 3 is 1.89 bits per heavy atom. The van der Waals surface area contributed by atoms with E-state index in [1.807, 2.05) is 36.4 Å². The van der Waals surface area contributed by atoms with Crippen LogP contribution in [0.15, 0.2) is 84.9 Å². The van der Waals surface area contributed by atoms with E-state index in [0.29, 0.717) is 6.61 Å². The standard InChI is InChI=1S/C33H32O4/c1-34-28-13-9-23(10-14-28)21-27-7-3-5-25-17-19-33(31(25)27)20-18-26-6-4-8-30(32(26)33)37-36-22-24-11-15-29(35-2)16-12-24/h3-16H,17-22H2,1-2H3. The van der Waals surface area contributed by atoms with E-state index in [9.17, 15) is 0 Å². The molecule has 1 atom stereocenters. The van der Waals surface area contributed by atoms with Gasteiger partial charge in [-0.15, -0.1) is 0 Å². The summed E-state index contributed by atoms with van der Waals surface area (Å²) in [5.74, 6) is 2.56. The van der Waals surface area contributed by atoms with Gasteiger partial charge in [-0.05, 0) is 95.8 Å². The Morgan fingerprint density at radius 2 is 1.24 bits per heavy atom. The zero-order valence-electron chi connectivity index (χ0n) is 21.5. The summed E-state index contributed by atoms with van der Waals surface area (Å²) < 4.78 is 10.6. The molecule has 4 aromatic rings. The van der Waals surface area contributed by atoms with Crippen molar-refractivity contribution >= 4 is 0 Å². The summed E-state index contributed by atoms with van der Waals surface area (Å²) in [4.78, 5) is 11.8. The molecule has 37 heavy (non-hydrogen) atoms. The van der Waals surface area contributed by atoms with Gasteiger partial charge in [0, 0.05) is 11.0 Å². The number of ether oxygens (including phenoxy) is 2. The highest BCUT2D eigenvalue weighted by Crippen LogP contribution is 2.56. The quantitative estimate of drug-likeness (QED) is 0.196. The van der Waals surface area contributed by atoms with Gasteiger partial charge in [0.05, 0.1) is 14.2 Å². The van der Waals surface area contributed by atoms with Crippen LogP contribution in [0.3, 0.4) is 0 Å². The van der Waals surface area contributed by atoms with Crippen molar-refractivity contribution in [3.8, 4) is 17.2 Å². The molecule has 4 heteroatoms. The topological polar surface area (TPSA) is 36.9 Å². The van der Waals surface area contributed by atoms with Gasteiger partial charge in [0.25, 0.3) is 0 Å². The molecule has 0 aromatic heterocycles. The SMILES string of the molecule is COc1ccc(COOc2cccc3c2C2(CCc4cccc(Cc5ccc(OC)cc5)c42)CC3)cc1. The first-order valence-electron chi connectivity index (χ1n) is 13.0. The van der Waals surface area contributed by atoms with Gasteiger partial charge in [0.1, 0.15) is 18.1 Å². The predicted molar refractivity (Wildman–Crippen MR) is 145 cm³/mol. The summed E-state index contributed by atoms with van der Waals surface area (Å²) in [5, 5.41) is 0. The molecule has 4 nitrogen and oxygen atoms in total. The molecule has 6 rings (SSSR count). The van der Waals surface area contributed by atoms with Crippen LogP contribution in [0.5, 0.6) is 17.2 Å². The number of rotatable bonds is 8. The van der Waals surface area contributed by atoms with Gasteiger partial charge in [-0.3, -0.25) is 0 Å². The maximum atomic E-state index is 6.05. The fourth-order valence-corrected chi connectivity index (χ4v) is 6.31. The van der Waals surface area contributed by atoms with Crippen molar-refractivity contribution in [1.82, 2.24) is 0 Å². The Kier molecular flexibility index (Phi) is 6.35. The minimum absolute atomic E-state index is 0.0339. The maximum Gasteiger partial charge on any atom is 0.169 e. The Bertz CT molecular complexity index is 1390. The van der Waals surface area contributed by atoms with Crippen molar-refractivity contribution in [3.05, 3.63) is 124 Å². The average Bonchev–Trinajstić information content (AvgIpc) is 3.52. The third kappa shape index (κ3) is 4.36. The lowest BCUT2D eigenvalue weighted by Gasteiger charge is -2.30. The van der Waals surface area contributed by atoms with Gasteiger partial charge >= 0.3 is 0 Å². The van der Waals surface area contributed by atoms with E-state index >= 15 is 0 Å². The summed E-state index contributed by atoms with van der Waals surface area (Å²) in [6.07, 6.45) is 5.26. The molecule has 2 aliphatic carbocycles. The maximum absolute atomic E-state index is 6.05. The monoisotopic (exact) mass is 492 g/mol. The highest BCUT2D eigenvalue weighted by molar-refractivity contribution is 5.61. The molecule has 0 fully saturated rings. The first-order chi connectivity index (χ1) is 18.2. The van der Waals surface area contributed by atoms with E-state index < -0.39 is 0 Å². The number of hydrogen-bond donors (Lipinski definition) is 0. The number of methoxy groups -OCH3 is 2. The Labute approximate surface area is 218 Å². The van der Waals surface area contributed by atoms with Crippen LogP contribution in [0.4, 0.5) is 0 Å². The van der Waals surface area contributed by atoms with E-state index in [1.165, 1.54) is 33.4 Å². The smallest absolute Gasteiger partial charge is 0.169 e. The third-order valence-electron chi connectivity index (χ3n) is 8.04. The van der Waals surface area contributed by atoms with Crippen molar-refractivity contribution in [1.29, 1.82) is 0 Å². The molecular weight excluding hydrogens is 460 g/mol. The van der Waals surface area contributed by atoms with E-state index in [0.717, 1.165) is 54.9 Å². The molecule has 4 aromatic carbocycles. The highest BCUT2D eigenvalue weighted by Gasteiger charge is 2.47. The average molecular weight is 493 g/mol. The minimum Gasteiger partial charge on any atom is -0.497 e. The van der Waals surface area contributed by atoms with Crippen molar-refractivity contribution in [2.24, 2.45) is 0 Å². The van der Waals surface area contributed by atoms with E-state index in [4.69, 9.17) is 19.2 Å². The third-order valence-corrected chi connectivity index (χ3v) is 8.04. The molecule has 0 saturated heterocycles. The lowest BCUT2D eigenvalue weighted by atomic mass is 9.74. The second-order valence-corrected chi connectivity index (χ2v) is 10.0. The van der Waals surface area contributed by atoms with Gasteiger partial charge < -0.3 is 14.4 Å². The lowest BCUT2D eigenvalue weighted by Crippen LogP contribution is -2.24. The van der Waals surface area contributed by atoms with Crippen LogP contribution in [0.25, 0.3) is 0 Å². The van der Waals surface area contributed by atoms with Crippen molar-refractivity contribution in [3.63, 3.8) is 0 Å². The molecule has 0 N–H and O–H groups in total. The Hall–Kier alpha value is -3.76.